The van der Waals surface area contributed by atoms with Crippen LogP contribution in [0, 0.1) is 0 Å². The second-order valence-corrected chi connectivity index (χ2v) is 5.90. The summed E-state index contributed by atoms with van der Waals surface area (Å²) in [7, 11) is 0. The summed E-state index contributed by atoms with van der Waals surface area (Å²) in [5, 5.41) is 4.03. The van der Waals surface area contributed by atoms with E-state index in [1.165, 1.54) is 0 Å². The smallest absolute Gasteiger partial charge is 0.224 e. The van der Waals surface area contributed by atoms with E-state index in [0.29, 0.717) is 22.9 Å². The van der Waals surface area contributed by atoms with Crippen LogP contribution in [0.1, 0.15) is 12.0 Å². The first-order chi connectivity index (χ1) is 9.58. The molecule has 0 heterocycles. The predicted molar refractivity (Wildman–Crippen MR) is 87.6 cm³/mol. The van der Waals surface area contributed by atoms with Gasteiger partial charge in [0, 0.05) is 20.9 Å². The largest absolute Gasteiger partial charge is 0.325 e. The summed E-state index contributed by atoms with van der Waals surface area (Å²) in [6, 6.07) is 12.8. The third-order valence-corrected chi connectivity index (χ3v) is 4.21. The Morgan fingerprint density at radius 2 is 1.70 bits per heavy atom. The zero-order chi connectivity index (χ0) is 14.5. The number of rotatable bonds is 4. The van der Waals surface area contributed by atoms with Crippen LogP contribution >= 0.6 is 39.1 Å². The molecule has 0 aromatic heterocycles. The molecule has 2 aromatic carbocycles. The first-order valence-corrected chi connectivity index (χ1v) is 7.60. The van der Waals surface area contributed by atoms with Gasteiger partial charge in [0.2, 0.25) is 5.91 Å². The number of halogens is 3. The van der Waals surface area contributed by atoms with E-state index >= 15 is 0 Å². The molecule has 2 aromatic rings. The van der Waals surface area contributed by atoms with Gasteiger partial charge in [-0.3, -0.25) is 4.79 Å². The molecule has 0 saturated heterocycles. The van der Waals surface area contributed by atoms with Crippen LogP contribution in [-0.4, -0.2) is 5.91 Å². The Morgan fingerprint density at radius 3 is 2.35 bits per heavy atom. The molecule has 0 saturated carbocycles. The van der Waals surface area contributed by atoms with Crippen molar-refractivity contribution in [2.45, 2.75) is 12.8 Å². The van der Waals surface area contributed by atoms with Gasteiger partial charge in [0.05, 0.1) is 5.69 Å². The molecule has 0 aliphatic carbocycles. The number of hydrogen-bond acceptors (Lipinski definition) is 1. The number of carbonyl (C=O) groups is 1. The Balaban J connectivity index is 1.98. The molecule has 0 unspecified atom stereocenters. The maximum Gasteiger partial charge on any atom is 0.224 e. The second kappa shape index (κ2) is 7.11. The van der Waals surface area contributed by atoms with Crippen molar-refractivity contribution in [2.24, 2.45) is 0 Å². The maximum absolute atomic E-state index is 11.9. The first kappa shape index (κ1) is 15.4. The van der Waals surface area contributed by atoms with E-state index in [0.717, 1.165) is 15.7 Å². The summed E-state index contributed by atoms with van der Waals surface area (Å²) in [6.07, 6.45) is 0.833. The lowest BCUT2D eigenvalue weighted by molar-refractivity contribution is -0.116. The lowest BCUT2D eigenvalue weighted by atomic mass is 10.1. The quantitative estimate of drug-likeness (QED) is 0.772. The van der Waals surface area contributed by atoms with Gasteiger partial charge < -0.3 is 5.32 Å². The fraction of sp³-hybridized carbons (Fsp3) is 0.133. The molecule has 2 nitrogen and oxygen atoms in total. The van der Waals surface area contributed by atoms with Gasteiger partial charge in [0.15, 0.2) is 0 Å². The van der Waals surface area contributed by atoms with Crippen molar-refractivity contribution in [2.75, 3.05) is 5.32 Å². The van der Waals surface area contributed by atoms with Crippen molar-refractivity contribution in [1.29, 1.82) is 0 Å². The first-order valence-electron chi connectivity index (χ1n) is 6.05. The monoisotopic (exact) mass is 371 g/mol. The number of para-hydroxylation sites is 1. The van der Waals surface area contributed by atoms with Gasteiger partial charge in [-0.15, -0.1) is 0 Å². The van der Waals surface area contributed by atoms with Crippen LogP contribution in [0.4, 0.5) is 5.69 Å². The minimum atomic E-state index is -0.0760. The van der Waals surface area contributed by atoms with Gasteiger partial charge in [0.25, 0.3) is 0 Å². The summed E-state index contributed by atoms with van der Waals surface area (Å²) in [6.45, 7) is 0. The molecule has 0 spiro atoms. The lowest BCUT2D eigenvalue weighted by Gasteiger charge is -2.09. The molecule has 2 rings (SSSR count). The normalized spacial score (nSPS) is 10.3. The molecule has 1 N–H and O–H groups in total. The van der Waals surface area contributed by atoms with Gasteiger partial charge >= 0.3 is 0 Å². The standard InChI is InChI=1S/C15H12BrCl2NO/c16-11-4-1-2-7-14(11)19-15(20)9-8-10-12(17)5-3-6-13(10)18/h1-7H,8-9H2,(H,19,20). The van der Waals surface area contributed by atoms with Crippen LogP contribution in [0.3, 0.4) is 0 Å². The van der Waals surface area contributed by atoms with Crippen LogP contribution in [0.15, 0.2) is 46.9 Å². The average molecular weight is 373 g/mol. The number of benzene rings is 2. The van der Waals surface area contributed by atoms with E-state index in [1.807, 2.05) is 24.3 Å². The Labute approximate surface area is 136 Å². The molecular weight excluding hydrogens is 361 g/mol. The molecule has 1 amide bonds. The van der Waals surface area contributed by atoms with Gasteiger partial charge in [-0.2, -0.15) is 0 Å². The van der Waals surface area contributed by atoms with E-state index in [-0.39, 0.29) is 5.91 Å². The van der Waals surface area contributed by atoms with E-state index in [2.05, 4.69) is 21.2 Å². The molecule has 0 bridgehead atoms. The summed E-state index contributed by atoms with van der Waals surface area (Å²) in [5.41, 5.74) is 1.56. The van der Waals surface area contributed by atoms with Gasteiger partial charge in [0.1, 0.15) is 0 Å². The summed E-state index contributed by atoms with van der Waals surface area (Å²) < 4.78 is 0.851. The Bertz CT molecular complexity index is 611. The van der Waals surface area contributed by atoms with E-state index in [4.69, 9.17) is 23.2 Å². The van der Waals surface area contributed by atoms with E-state index < -0.39 is 0 Å². The predicted octanol–water partition coefficient (Wildman–Crippen LogP) is 5.33. The third kappa shape index (κ3) is 3.98. The summed E-state index contributed by atoms with van der Waals surface area (Å²) in [5.74, 6) is -0.0760. The average Bonchev–Trinajstić information content (AvgIpc) is 2.41. The van der Waals surface area contributed by atoms with Crippen molar-refractivity contribution >= 4 is 50.7 Å². The minimum absolute atomic E-state index is 0.0760. The zero-order valence-electron chi connectivity index (χ0n) is 10.5. The Kier molecular flexibility index (Phi) is 5.46. The molecule has 0 aliphatic rings. The van der Waals surface area contributed by atoms with Crippen LogP contribution in [0.25, 0.3) is 0 Å². The molecule has 5 heteroatoms. The highest BCUT2D eigenvalue weighted by Gasteiger charge is 2.09. The highest BCUT2D eigenvalue weighted by atomic mass is 79.9. The van der Waals surface area contributed by atoms with Crippen LogP contribution in [0.5, 0.6) is 0 Å². The highest BCUT2D eigenvalue weighted by molar-refractivity contribution is 9.10. The number of nitrogens with one attached hydrogen (secondary N) is 1. The Morgan fingerprint density at radius 1 is 1.05 bits per heavy atom. The van der Waals surface area contributed by atoms with E-state index in [1.54, 1.807) is 18.2 Å². The van der Waals surface area contributed by atoms with Crippen LogP contribution in [-0.2, 0) is 11.2 Å². The number of amides is 1. The van der Waals surface area contributed by atoms with Gasteiger partial charge in [-0.25, -0.2) is 0 Å². The molecule has 0 aliphatic heterocycles. The van der Waals surface area contributed by atoms with Gasteiger partial charge in [-0.1, -0.05) is 41.4 Å². The minimum Gasteiger partial charge on any atom is -0.325 e. The van der Waals surface area contributed by atoms with Crippen molar-refractivity contribution in [3.63, 3.8) is 0 Å². The SMILES string of the molecule is O=C(CCc1c(Cl)cccc1Cl)Nc1ccccc1Br. The number of anilines is 1. The summed E-state index contributed by atoms with van der Waals surface area (Å²) in [4.78, 5) is 11.9. The van der Waals surface area contributed by atoms with Crippen molar-refractivity contribution in [3.8, 4) is 0 Å². The highest BCUT2D eigenvalue weighted by Crippen LogP contribution is 2.26. The molecule has 0 fully saturated rings. The topological polar surface area (TPSA) is 29.1 Å². The van der Waals surface area contributed by atoms with E-state index in [9.17, 15) is 4.79 Å². The fourth-order valence-electron chi connectivity index (χ4n) is 1.78. The molecule has 0 radical (unpaired) electrons. The van der Waals surface area contributed by atoms with Crippen LogP contribution < -0.4 is 5.32 Å². The van der Waals surface area contributed by atoms with Crippen molar-refractivity contribution < 1.29 is 4.79 Å². The van der Waals surface area contributed by atoms with Crippen LogP contribution in [0.2, 0.25) is 10.0 Å². The molecule has 0 atom stereocenters. The van der Waals surface area contributed by atoms with Crippen molar-refractivity contribution in [1.82, 2.24) is 0 Å². The number of carbonyl (C=O) groups excluding carboxylic acids is 1. The maximum atomic E-state index is 11.9. The lowest BCUT2D eigenvalue weighted by Crippen LogP contribution is -2.12. The fourth-order valence-corrected chi connectivity index (χ4v) is 2.76. The second-order valence-electron chi connectivity index (χ2n) is 4.23. The molecule has 104 valence electrons. The summed E-state index contributed by atoms with van der Waals surface area (Å²) >= 11 is 15.5. The molecule has 20 heavy (non-hydrogen) atoms. The number of hydrogen-bond donors (Lipinski definition) is 1. The van der Waals surface area contributed by atoms with Crippen molar-refractivity contribution in [3.05, 3.63) is 62.5 Å². The Hall–Kier alpha value is -1.03. The molecular formula is C15H12BrCl2NO. The third-order valence-electron chi connectivity index (χ3n) is 2.81. The van der Waals surface area contributed by atoms with Gasteiger partial charge in [-0.05, 0) is 52.2 Å². The zero-order valence-corrected chi connectivity index (χ0v) is 13.6.